The first-order valence-electron chi connectivity index (χ1n) is 3.86. The quantitative estimate of drug-likeness (QED) is 0.522. The second-order valence-electron chi connectivity index (χ2n) is 2.93. The van der Waals surface area contributed by atoms with Crippen LogP contribution in [0.3, 0.4) is 0 Å². The van der Waals surface area contributed by atoms with Crippen molar-refractivity contribution < 1.29 is 14.7 Å². The van der Waals surface area contributed by atoms with Gasteiger partial charge in [-0.1, -0.05) is 0 Å². The number of likely N-dealkylation sites (tertiary alicyclic amines) is 1. The summed E-state index contributed by atoms with van der Waals surface area (Å²) in [5, 5.41) is 10.3. The number of primary amides is 1. The van der Waals surface area contributed by atoms with Crippen molar-refractivity contribution in [2.24, 2.45) is 11.7 Å². The third-order valence-corrected chi connectivity index (χ3v) is 2.16. The topological polar surface area (TPSA) is 86.5 Å². The summed E-state index contributed by atoms with van der Waals surface area (Å²) in [5.74, 6) is -0.506. The molecular weight excluding hydrogens is 160 g/mol. The predicted octanol–water partition coefficient (Wildman–Crippen LogP) is -1.47. The molecule has 0 aliphatic carbocycles. The average molecular weight is 171 g/mol. The largest absolute Gasteiger partial charge is 0.530 e. The molecule has 0 atom stereocenters. The first kappa shape index (κ1) is 8.83. The molecule has 0 spiro atoms. The molecule has 0 aromatic rings. The number of nitrogens with zero attached hydrogens (tertiary/aromatic N) is 1. The molecule has 0 aromatic heterocycles. The fourth-order valence-corrected chi connectivity index (χ4v) is 1.35. The maximum absolute atomic E-state index is 10.7. The first-order valence-corrected chi connectivity index (χ1v) is 3.86. The van der Waals surface area contributed by atoms with Gasteiger partial charge in [-0.3, -0.25) is 4.79 Å². The normalized spacial score (nSPS) is 19.2. The Kier molecular flexibility index (Phi) is 2.52. The second-order valence-corrected chi connectivity index (χ2v) is 2.93. The Morgan fingerprint density at radius 3 is 2.17 bits per heavy atom. The lowest BCUT2D eigenvalue weighted by molar-refractivity contribution is -0.266. The van der Waals surface area contributed by atoms with E-state index in [0.29, 0.717) is 25.9 Å². The summed E-state index contributed by atoms with van der Waals surface area (Å²) in [6.45, 7) is 0.714. The van der Waals surface area contributed by atoms with Crippen molar-refractivity contribution in [2.75, 3.05) is 13.1 Å². The van der Waals surface area contributed by atoms with Crippen LogP contribution in [0.5, 0.6) is 0 Å². The van der Waals surface area contributed by atoms with E-state index >= 15 is 0 Å². The molecule has 1 heterocycles. The summed E-state index contributed by atoms with van der Waals surface area (Å²) in [5.41, 5.74) is 5.07. The Morgan fingerprint density at radius 1 is 1.33 bits per heavy atom. The SMILES string of the molecule is NC(=O)C1CCN(C(=O)[O-])CC1. The Hall–Kier alpha value is -1.26. The van der Waals surface area contributed by atoms with Crippen LogP contribution in [0, 0.1) is 5.92 Å². The van der Waals surface area contributed by atoms with Crippen LogP contribution in [-0.4, -0.2) is 30.0 Å². The number of hydrogen-bond acceptors (Lipinski definition) is 3. The van der Waals surface area contributed by atoms with Crippen LogP contribution in [0.25, 0.3) is 0 Å². The Balaban J connectivity index is 2.39. The van der Waals surface area contributed by atoms with Crippen LogP contribution in [0.1, 0.15) is 12.8 Å². The Morgan fingerprint density at radius 2 is 1.83 bits per heavy atom. The molecule has 68 valence electrons. The fourth-order valence-electron chi connectivity index (χ4n) is 1.35. The summed E-state index contributed by atoms with van der Waals surface area (Å²) >= 11 is 0. The zero-order chi connectivity index (χ0) is 9.14. The molecule has 1 fully saturated rings. The van der Waals surface area contributed by atoms with Gasteiger partial charge < -0.3 is 20.5 Å². The number of carbonyl (C=O) groups is 2. The maximum Gasteiger partial charge on any atom is 0.220 e. The Labute approximate surface area is 70.1 Å². The summed E-state index contributed by atoms with van der Waals surface area (Å²) in [7, 11) is 0. The molecule has 0 saturated carbocycles. The molecule has 1 saturated heterocycles. The molecule has 0 unspecified atom stereocenters. The number of piperidine rings is 1. The van der Waals surface area contributed by atoms with Gasteiger partial charge in [0.15, 0.2) is 0 Å². The van der Waals surface area contributed by atoms with Crippen molar-refractivity contribution in [2.45, 2.75) is 12.8 Å². The van der Waals surface area contributed by atoms with E-state index in [-0.39, 0.29) is 11.8 Å². The molecule has 1 aliphatic rings. The number of hydrogen-bond donors (Lipinski definition) is 1. The van der Waals surface area contributed by atoms with Crippen molar-refractivity contribution in [1.29, 1.82) is 0 Å². The molecule has 0 radical (unpaired) electrons. The molecule has 2 N–H and O–H groups in total. The van der Waals surface area contributed by atoms with E-state index in [1.54, 1.807) is 0 Å². The summed E-state index contributed by atoms with van der Waals surface area (Å²) < 4.78 is 0. The predicted molar refractivity (Wildman–Crippen MR) is 38.9 cm³/mol. The molecule has 12 heavy (non-hydrogen) atoms. The number of carboxylic acid groups (broad SMARTS) is 1. The highest BCUT2D eigenvalue weighted by molar-refractivity contribution is 5.77. The lowest BCUT2D eigenvalue weighted by atomic mass is 9.97. The average Bonchev–Trinajstić information content (AvgIpc) is 2.04. The first-order chi connectivity index (χ1) is 5.61. The molecule has 1 aliphatic heterocycles. The van der Waals surface area contributed by atoms with Crippen molar-refractivity contribution in [3.63, 3.8) is 0 Å². The van der Waals surface area contributed by atoms with Gasteiger partial charge in [0, 0.05) is 19.0 Å². The van der Waals surface area contributed by atoms with E-state index in [1.165, 1.54) is 4.90 Å². The number of nitrogens with two attached hydrogens (primary N) is 1. The number of carbonyl (C=O) groups excluding carboxylic acids is 2. The van der Waals surface area contributed by atoms with Crippen molar-refractivity contribution in [3.05, 3.63) is 0 Å². The number of amides is 2. The summed E-state index contributed by atoms with van der Waals surface area (Å²) in [6, 6.07) is 0. The van der Waals surface area contributed by atoms with Crippen molar-refractivity contribution in [1.82, 2.24) is 4.90 Å². The van der Waals surface area contributed by atoms with E-state index in [9.17, 15) is 14.7 Å². The van der Waals surface area contributed by atoms with E-state index in [4.69, 9.17) is 5.73 Å². The highest BCUT2D eigenvalue weighted by Crippen LogP contribution is 2.15. The highest BCUT2D eigenvalue weighted by Gasteiger charge is 2.22. The van der Waals surface area contributed by atoms with Gasteiger partial charge >= 0.3 is 0 Å². The van der Waals surface area contributed by atoms with E-state index in [2.05, 4.69) is 0 Å². The van der Waals surface area contributed by atoms with Crippen molar-refractivity contribution >= 4 is 12.0 Å². The second kappa shape index (κ2) is 3.42. The van der Waals surface area contributed by atoms with Gasteiger partial charge in [-0.25, -0.2) is 0 Å². The van der Waals surface area contributed by atoms with Gasteiger partial charge in [0.05, 0.1) is 0 Å². The van der Waals surface area contributed by atoms with Crippen LogP contribution in [0.15, 0.2) is 0 Å². The molecule has 0 bridgehead atoms. The van der Waals surface area contributed by atoms with E-state index in [1.807, 2.05) is 0 Å². The molecule has 1 rings (SSSR count). The minimum atomic E-state index is -1.17. The van der Waals surface area contributed by atoms with E-state index in [0.717, 1.165) is 0 Å². The molecule has 0 aromatic carbocycles. The van der Waals surface area contributed by atoms with Gasteiger partial charge in [-0.15, -0.1) is 0 Å². The lowest BCUT2D eigenvalue weighted by Gasteiger charge is -2.32. The van der Waals surface area contributed by atoms with Gasteiger partial charge in [-0.05, 0) is 12.8 Å². The minimum Gasteiger partial charge on any atom is -0.530 e. The van der Waals surface area contributed by atoms with Gasteiger partial charge in [0.1, 0.15) is 6.09 Å². The summed E-state index contributed by atoms with van der Waals surface area (Å²) in [4.78, 5) is 22.2. The molecule has 5 nitrogen and oxygen atoms in total. The third-order valence-electron chi connectivity index (χ3n) is 2.16. The standard InChI is InChI=1S/C7H12N2O3/c8-6(10)5-1-3-9(4-2-5)7(11)12/h5H,1-4H2,(H2,8,10)(H,11,12)/p-1. The molecular formula is C7H11N2O3-. The number of rotatable bonds is 1. The van der Waals surface area contributed by atoms with Crippen LogP contribution < -0.4 is 10.8 Å². The minimum absolute atomic E-state index is 0.166. The fraction of sp³-hybridized carbons (Fsp3) is 0.714. The third kappa shape index (κ3) is 1.87. The van der Waals surface area contributed by atoms with E-state index < -0.39 is 6.09 Å². The van der Waals surface area contributed by atoms with Crippen LogP contribution >= 0.6 is 0 Å². The van der Waals surface area contributed by atoms with Gasteiger partial charge in [0.2, 0.25) is 5.91 Å². The smallest absolute Gasteiger partial charge is 0.220 e. The zero-order valence-corrected chi connectivity index (χ0v) is 6.66. The van der Waals surface area contributed by atoms with Gasteiger partial charge in [-0.2, -0.15) is 0 Å². The maximum atomic E-state index is 10.7. The lowest BCUT2D eigenvalue weighted by Crippen LogP contribution is -2.47. The van der Waals surface area contributed by atoms with Gasteiger partial charge in [0.25, 0.3) is 0 Å². The zero-order valence-electron chi connectivity index (χ0n) is 6.66. The van der Waals surface area contributed by atoms with Crippen molar-refractivity contribution in [3.8, 4) is 0 Å². The van der Waals surface area contributed by atoms with Crippen LogP contribution in [0.4, 0.5) is 4.79 Å². The van der Waals surface area contributed by atoms with Crippen LogP contribution in [-0.2, 0) is 4.79 Å². The summed E-state index contributed by atoms with van der Waals surface area (Å²) in [6.07, 6.45) is -0.134. The monoisotopic (exact) mass is 171 g/mol. The molecule has 5 heteroatoms. The Bertz CT molecular complexity index is 175. The molecule has 2 amide bonds. The van der Waals surface area contributed by atoms with Crippen LogP contribution in [0.2, 0.25) is 0 Å². The highest BCUT2D eigenvalue weighted by atomic mass is 16.4.